The molecule has 1 aromatic heterocycles. The molecule has 0 fully saturated rings. The molecule has 118 valence electrons. The first kappa shape index (κ1) is 14.6. The van der Waals surface area contributed by atoms with Crippen molar-refractivity contribution in [3.63, 3.8) is 0 Å². The van der Waals surface area contributed by atoms with Gasteiger partial charge in [-0.05, 0) is 36.6 Å². The Morgan fingerprint density at radius 1 is 1.00 bits per heavy atom. The molecule has 0 radical (unpaired) electrons. The Morgan fingerprint density at radius 2 is 1.67 bits per heavy atom. The molecule has 0 atom stereocenters. The molecular formula is C18H11NO4S. The molecule has 1 aliphatic rings. The molecule has 3 aromatic rings. The Balaban J connectivity index is 1.62. The predicted octanol–water partition coefficient (Wildman–Crippen LogP) is 3.58. The average Bonchev–Trinajstić information content (AvgIpc) is 3.10. The number of hydroxylamine groups is 2. The highest BCUT2D eigenvalue weighted by Gasteiger charge is 2.38. The van der Waals surface area contributed by atoms with Gasteiger partial charge in [0.15, 0.2) is 0 Å². The molecule has 1 aliphatic heterocycles. The highest BCUT2D eigenvalue weighted by atomic mass is 32.1. The monoisotopic (exact) mass is 337 g/mol. The fourth-order valence-electron chi connectivity index (χ4n) is 2.64. The number of amides is 2. The number of fused-ring (bicyclic) bond motifs is 2. The molecule has 0 unspecified atom stereocenters. The van der Waals surface area contributed by atoms with Crippen LogP contribution >= 0.6 is 11.3 Å². The van der Waals surface area contributed by atoms with E-state index in [1.807, 2.05) is 25.1 Å². The topological polar surface area (TPSA) is 63.7 Å². The number of thiophene rings is 1. The standard InChI is InChI=1S/C18H11NO4S/c1-10-6-7-14-11(8-10)9-15(24-14)18(22)23-19-16(20)12-4-2-3-5-13(12)17(19)21/h2-9H,1H3. The summed E-state index contributed by atoms with van der Waals surface area (Å²) in [6.45, 7) is 1.97. The van der Waals surface area contributed by atoms with E-state index >= 15 is 0 Å². The van der Waals surface area contributed by atoms with Crippen LogP contribution < -0.4 is 0 Å². The van der Waals surface area contributed by atoms with Crippen LogP contribution in [0.25, 0.3) is 10.1 Å². The SMILES string of the molecule is Cc1ccc2sc(C(=O)ON3C(=O)c4ccccc4C3=O)cc2c1. The zero-order chi connectivity index (χ0) is 16.8. The fourth-order valence-corrected chi connectivity index (χ4v) is 3.56. The van der Waals surface area contributed by atoms with E-state index in [9.17, 15) is 14.4 Å². The van der Waals surface area contributed by atoms with Crippen LogP contribution in [0, 0.1) is 6.92 Å². The normalized spacial score (nSPS) is 13.5. The Kier molecular flexibility index (Phi) is 3.21. The summed E-state index contributed by atoms with van der Waals surface area (Å²) in [7, 11) is 0. The number of nitrogens with zero attached hydrogens (tertiary/aromatic N) is 1. The number of benzene rings is 2. The van der Waals surface area contributed by atoms with Crippen LogP contribution in [0.15, 0.2) is 48.5 Å². The summed E-state index contributed by atoms with van der Waals surface area (Å²) in [5.41, 5.74) is 1.56. The molecule has 0 saturated heterocycles. The van der Waals surface area contributed by atoms with Crippen molar-refractivity contribution in [2.45, 2.75) is 6.92 Å². The van der Waals surface area contributed by atoms with Gasteiger partial charge in [-0.15, -0.1) is 11.3 Å². The second-order valence-corrected chi connectivity index (χ2v) is 6.56. The summed E-state index contributed by atoms with van der Waals surface area (Å²) >= 11 is 1.26. The van der Waals surface area contributed by atoms with Crippen LogP contribution in [0.5, 0.6) is 0 Å². The highest BCUT2D eigenvalue weighted by molar-refractivity contribution is 7.20. The second kappa shape index (κ2) is 5.28. The lowest BCUT2D eigenvalue weighted by Crippen LogP contribution is -2.32. The van der Waals surface area contributed by atoms with Gasteiger partial charge in [0, 0.05) is 4.70 Å². The van der Waals surface area contributed by atoms with Gasteiger partial charge in [0.2, 0.25) is 0 Å². The van der Waals surface area contributed by atoms with Crippen molar-refractivity contribution in [1.82, 2.24) is 5.06 Å². The van der Waals surface area contributed by atoms with Crippen LogP contribution in [-0.2, 0) is 4.84 Å². The molecule has 0 bridgehead atoms. The van der Waals surface area contributed by atoms with Crippen molar-refractivity contribution in [2.24, 2.45) is 0 Å². The minimum Gasteiger partial charge on any atom is -0.323 e. The summed E-state index contributed by atoms with van der Waals surface area (Å²) in [5.74, 6) is -1.97. The van der Waals surface area contributed by atoms with E-state index in [1.54, 1.807) is 18.2 Å². The van der Waals surface area contributed by atoms with Crippen LogP contribution in [0.1, 0.15) is 36.0 Å². The number of carbonyl (C=O) groups is 3. The van der Waals surface area contributed by atoms with Gasteiger partial charge in [-0.1, -0.05) is 34.9 Å². The third kappa shape index (κ3) is 2.19. The van der Waals surface area contributed by atoms with Crippen molar-refractivity contribution in [1.29, 1.82) is 0 Å². The van der Waals surface area contributed by atoms with Gasteiger partial charge in [0.05, 0.1) is 11.1 Å². The Hall–Kier alpha value is -2.99. The predicted molar refractivity (Wildman–Crippen MR) is 88.9 cm³/mol. The van der Waals surface area contributed by atoms with E-state index in [0.717, 1.165) is 15.6 Å². The van der Waals surface area contributed by atoms with Crippen molar-refractivity contribution in [2.75, 3.05) is 0 Å². The van der Waals surface area contributed by atoms with Gasteiger partial charge in [0.1, 0.15) is 4.88 Å². The first-order valence-electron chi connectivity index (χ1n) is 7.25. The fraction of sp³-hybridized carbons (Fsp3) is 0.0556. The van der Waals surface area contributed by atoms with Gasteiger partial charge in [-0.25, -0.2) is 4.79 Å². The third-order valence-electron chi connectivity index (χ3n) is 3.80. The van der Waals surface area contributed by atoms with E-state index in [-0.39, 0.29) is 11.1 Å². The van der Waals surface area contributed by atoms with Crippen molar-refractivity contribution in [3.05, 3.63) is 70.1 Å². The van der Waals surface area contributed by atoms with Crippen LogP contribution in [0.2, 0.25) is 0 Å². The summed E-state index contributed by atoms with van der Waals surface area (Å²) in [6.07, 6.45) is 0. The Labute approximate surface area is 141 Å². The van der Waals surface area contributed by atoms with Crippen molar-refractivity contribution >= 4 is 39.2 Å². The highest BCUT2D eigenvalue weighted by Crippen LogP contribution is 2.28. The molecule has 0 N–H and O–H groups in total. The van der Waals surface area contributed by atoms with Gasteiger partial charge in [-0.3, -0.25) is 9.59 Å². The number of hydrogen-bond acceptors (Lipinski definition) is 5. The quantitative estimate of drug-likeness (QED) is 0.671. The molecule has 0 saturated carbocycles. The minimum atomic E-state index is -0.719. The smallest absolute Gasteiger partial charge is 0.323 e. The molecule has 0 spiro atoms. The molecule has 4 rings (SSSR count). The third-order valence-corrected chi connectivity index (χ3v) is 4.90. The number of hydrogen-bond donors (Lipinski definition) is 0. The van der Waals surface area contributed by atoms with Gasteiger partial charge in [0.25, 0.3) is 11.8 Å². The first-order valence-corrected chi connectivity index (χ1v) is 8.06. The van der Waals surface area contributed by atoms with E-state index in [0.29, 0.717) is 9.94 Å². The maximum absolute atomic E-state index is 12.3. The Bertz CT molecular complexity index is 986. The van der Waals surface area contributed by atoms with Crippen LogP contribution in [0.4, 0.5) is 0 Å². The summed E-state index contributed by atoms with van der Waals surface area (Å²) in [5, 5.41) is 1.46. The lowest BCUT2D eigenvalue weighted by Gasteiger charge is -2.11. The lowest BCUT2D eigenvalue weighted by atomic mass is 10.1. The average molecular weight is 337 g/mol. The second-order valence-electron chi connectivity index (χ2n) is 5.48. The van der Waals surface area contributed by atoms with Crippen molar-refractivity contribution < 1.29 is 19.2 Å². The number of rotatable bonds is 2. The number of imide groups is 1. The molecule has 2 heterocycles. The maximum atomic E-state index is 12.3. The molecule has 5 nitrogen and oxygen atoms in total. The van der Waals surface area contributed by atoms with Crippen molar-refractivity contribution in [3.8, 4) is 0 Å². The van der Waals surface area contributed by atoms with E-state index in [4.69, 9.17) is 4.84 Å². The lowest BCUT2D eigenvalue weighted by molar-refractivity contribution is -0.0581. The number of aryl methyl sites for hydroxylation is 1. The molecule has 2 amide bonds. The van der Waals surface area contributed by atoms with Gasteiger partial charge >= 0.3 is 5.97 Å². The number of carbonyl (C=O) groups excluding carboxylic acids is 3. The zero-order valence-electron chi connectivity index (χ0n) is 12.6. The zero-order valence-corrected chi connectivity index (χ0v) is 13.4. The van der Waals surface area contributed by atoms with E-state index in [1.165, 1.54) is 23.5 Å². The maximum Gasteiger partial charge on any atom is 0.373 e. The van der Waals surface area contributed by atoms with E-state index in [2.05, 4.69) is 0 Å². The van der Waals surface area contributed by atoms with Gasteiger partial charge < -0.3 is 4.84 Å². The molecule has 2 aromatic carbocycles. The van der Waals surface area contributed by atoms with Crippen LogP contribution in [-0.4, -0.2) is 22.8 Å². The van der Waals surface area contributed by atoms with Gasteiger partial charge in [-0.2, -0.15) is 0 Å². The summed E-state index contributed by atoms with van der Waals surface area (Å²) < 4.78 is 0.940. The summed E-state index contributed by atoms with van der Waals surface area (Å²) in [6, 6.07) is 13.9. The first-order chi connectivity index (χ1) is 11.5. The summed E-state index contributed by atoms with van der Waals surface area (Å²) in [4.78, 5) is 42.2. The molecular weight excluding hydrogens is 326 g/mol. The van der Waals surface area contributed by atoms with E-state index < -0.39 is 17.8 Å². The molecule has 0 aliphatic carbocycles. The minimum absolute atomic E-state index is 0.238. The largest absolute Gasteiger partial charge is 0.373 e. The molecule has 6 heteroatoms. The Morgan fingerprint density at radius 3 is 2.33 bits per heavy atom. The molecule has 24 heavy (non-hydrogen) atoms. The van der Waals surface area contributed by atoms with Crippen LogP contribution in [0.3, 0.4) is 0 Å².